The van der Waals surface area contributed by atoms with Crippen molar-refractivity contribution < 1.29 is 35.3 Å². The fourth-order valence-electron chi connectivity index (χ4n) is 5.07. The molecular weight excluding hydrogens is 632 g/mol. The molecule has 1 aliphatic rings. The summed E-state index contributed by atoms with van der Waals surface area (Å²) in [6.07, 6.45) is 1.23. The molecule has 0 aromatic heterocycles. The van der Waals surface area contributed by atoms with Gasteiger partial charge in [-0.15, -0.1) is 63.2 Å². The Kier molecular flexibility index (Phi) is 9.28. The van der Waals surface area contributed by atoms with E-state index < -0.39 is 0 Å². The number of rotatable bonds is 2. The molecule has 1 heterocycles. The van der Waals surface area contributed by atoms with Gasteiger partial charge in [0.05, 0.1) is 0 Å². The standard InChI is InChI=1S/C17H14P.C15H11.2FH.Hf/c1-2-18-13-10-12-6-5-8-14(16(12)11-13)15-7-3-4-9-17(15)18;1-2-6-12(7-3-1)14-10-4-8-13-9-5-11-15(13)14;;;/h3-11H,2H2,1H3;1-11H;2*1H;/q2*-1;;;+4/p-2. The molecule has 1 atom stereocenters. The van der Waals surface area contributed by atoms with Crippen LogP contribution in [0.2, 0.25) is 0 Å². The van der Waals surface area contributed by atoms with Gasteiger partial charge in [-0.25, -0.2) is 0 Å². The summed E-state index contributed by atoms with van der Waals surface area (Å²) in [7, 11) is -0.170. The minimum atomic E-state index is -0.170. The van der Waals surface area contributed by atoms with Crippen molar-refractivity contribution in [1.29, 1.82) is 0 Å². The quantitative estimate of drug-likeness (QED) is 0.153. The van der Waals surface area contributed by atoms with Gasteiger partial charge in [-0.05, 0) is 22.6 Å². The van der Waals surface area contributed by atoms with Crippen LogP contribution in [-0.2, 0) is 25.8 Å². The smallest absolute Gasteiger partial charge is 1.00 e. The summed E-state index contributed by atoms with van der Waals surface area (Å²) in [5.41, 5.74) is 5.46. The first kappa shape index (κ1) is 27.8. The minimum absolute atomic E-state index is 0. The molecule has 6 aromatic carbocycles. The van der Waals surface area contributed by atoms with Crippen LogP contribution < -0.4 is 20.0 Å². The first-order valence-electron chi connectivity index (χ1n) is 11.6. The van der Waals surface area contributed by atoms with Gasteiger partial charge in [0.1, 0.15) is 0 Å². The summed E-state index contributed by atoms with van der Waals surface area (Å²) in [5, 5.41) is 8.57. The maximum Gasteiger partial charge on any atom is 4.00 e. The average molecular weight is 657 g/mol. The van der Waals surface area contributed by atoms with E-state index in [0.717, 1.165) is 0 Å². The Morgan fingerprint density at radius 3 is 2.08 bits per heavy atom. The summed E-state index contributed by atoms with van der Waals surface area (Å²) in [6.45, 7) is 2.31. The molecule has 1 unspecified atom stereocenters. The Balaban J connectivity index is 0.000000188. The molecule has 0 amide bonds. The molecule has 4 heteroatoms. The molecule has 0 aliphatic carbocycles. The maximum atomic E-state index is 2.42. The zero-order valence-electron chi connectivity index (χ0n) is 20.0. The number of benzene rings is 4. The summed E-state index contributed by atoms with van der Waals surface area (Å²) in [5.74, 6) is 0. The SMILES string of the molecule is CCP1c2cc3c(cccc3[cH-]2)-c2ccccc21.[F-].[F-].[Hf+4].c1ccc(-c2cccc3[cH-]ccc23)cc1. The molecule has 2 bridgehead atoms. The van der Waals surface area contributed by atoms with Crippen molar-refractivity contribution in [3.05, 3.63) is 121 Å². The van der Waals surface area contributed by atoms with E-state index in [-0.39, 0.29) is 43.2 Å². The van der Waals surface area contributed by atoms with E-state index >= 15 is 0 Å². The monoisotopic (exact) mass is 658 g/mol. The summed E-state index contributed by atoms with van der Waals surface area (Å²) < 4.78 is 0. The van der Waals surface area contributed by atoms with Crippen molar-refractivity contribution in [2.24, 2.45) is 0 Å². The Hall–Kier alpha value is -2.74. The van der Waals surface area contributed by atoms with Gasteiger partial charge in [-0.3, -0.25) is 0 Å². The summed E-state index contributed by atoms with van der Waals surface area (Å²) >= 11 is 0. The van der Waals surface area contributed by atoms with Gasteiger partial charge < -0.3 is 9.41 Å². The van der Waals surface area contributed by atoms with E-state index in [2.05, 4.69) is 128 Å². The topological polar surface area (TPSA) is 0 Å². The van der Waals surface area contributed by atoms with E-state index in [4.69, 9.17) is 0 Å². The molecule has 0 fully saturated rings. The van der Waals surface area contributed by atoms with Crippen LogP contribution in [0, 0.1) is 0 Å². The van der Waals surface area contributed by atoms with Crippen molar-refractivity contribution in [2.75, 3.05) is 6.16 Å². The molecular formula is C32H25F2HfP. The molecule has 0 saturated heterocycles. The average Bonchev–Trinajstić information content (AvgIpc) is 3.50. The largest absolute Gasteiger partial charge is 4.00 e. The van der Waals surface area contributed by atoms with Crippen LogP contribution in [0.25, 0.3) is 43.8 Å². The molecule has 0 nitrogen and oxygen atoms in total. The zero-order valence-corrected chi connectivity index (χ0v) is 24.4. The van der Waals surface area contributed by atoms with Crippen LogP contribution in [0.4, 0.5) is 0 Å². The Labute approximate surface area is 231 Å². The van der Waals surface area contributed by atoms with E-state index in [1.807, 2.05) is 0 Å². The van der Waals surface area contributed by atoms with E-state index in [0.29, 0.717) is 0 Å². The van der Waals surface area contributed by atoms with Crippen LogP contribution in [0.15, 0.2) is 121 Å². The first-order valence-corrected chi connectivity index (χ1v) is 13.1. The molecule has 36 heavy (non-hydrogen) atoms. The molecule has 0 radical (unpaired) electrons. The second-order valence-corrected chi connectivity index (χ2v) is 11.0. The van der Waals surface area contributed by atoms with Crippen LogP contribution in [0.3, 0.4) is 0 Å². The third kappa shape index (κ3) is 4.92. The molecule has 0 N–H and O–H groups in total. The van der Waals surface area contributed by atoms with Crippen LogP contribution in [-0.4, -0.2) is 6.16 Å². The molecule has 0 spiro atoms. The van der Waals surface area contributed by atoms with Crippen LogP contribution in [0.5, 0.6) is 0 Å². The third-order valence-electron chi connectivity index (χ3n) is 6.61. The van der Waals surface area contributed by atoms with Gasteiger partial charge in [-0.2, -0.15) is 18.2 Å². The summed E-state index contributed by atoms with van der Waals surface area (Å²) in [4.78, 5) is 0. The Morgan fingerprint density at radius 2 is 1.31 bits per heavy atom. The van der Waals surface area contributed by atoms with E-state index in [9.17, 15) is 0 Å². The van der Waals surface area contributed by atoms with Crippen molar-refractivity contribution >= 4 is 40.1 Å². The second-order valence-electron chi connectivity index (χ2n) is 8.48. The third-order valence-corrected chi connectivity index (χ3v) is 9.10. The van der Waals surface area contributed by atoms with Gasteiger partial charge in [0.25, 0.3) is 0 Å². The first-order chi connectivity index (χ1) is 16.3. The van der Waals surface area contributed by atoms with Gasteiger partial charge in [0.15, 0.2) is 0 Å². The fourth-order valence-corrected chi connectivity index (χ4v) is 7.39. The van der Waals surface area contributed by atoms with Gasteiger partial charge in [-0.1, -0.05) is 92.7 Å². The number of fused-ring (bicyclic) bond motifs is 4. The van der Waals surface area contributed by atoms with Crippen molar-refractivity contribution in [2.45, 2.75) is 6.92 Å². The second kappa shape index (κ2) is 12.0. The normalized spacial score (nSPS) is 12.9. The van der Waals surface area contributed by atoms with Gasteiger partial charge in [0.2, 0.25) is 0 Å². The van der Waals surface area contributed by atoms with Crippen LogP contribution >= 0.6 is 7.92 Å². The van der Waals surface area contributed by atoms with Crippen molar-refractivity contribution in [1.82, 2.24) is 0 Å². The summed E-state index contributed by atoms with van der Waals surface area (Å²) in [6, 6.07) is 43.8. The number of hydrogen-bond donors (Lipinski definition) is 0. The zero-order chi connectivity index (χ0) is 22.2. The minimum Gasteiger partial charge on any atom is -1.00 e. The molecule has 1 aliphatic heterocycles. The van der Waals surface area contributed by atoms with E-state index in [1.54, 1.807) is 10.6 Å². The van der Waals surface area contributed by atoms with Gasteiger partial charge >= 0.3 is 25.8 Å². The Morgan fingerprint density at radius 1 is 0.639 bits per heavy atom. The molecule has 0 saturated carbocycles. The molecule has 7 rings (SSSR count). The molecule has 176 valence electrons. The van der Waals surface area contributed by atoms with E-state index in [1.165, 1.54) is 50.0 Å². The van der Waals surface area contributed by atoms with Crippen molar-refractivity contribution in [3.63, 3.8) is 0 Å². The van der Waals surface area contributed by atoms with Gasteiger partial charge in [0, 0.05) is 0 Å². The predicted molar refractivity (Wildman–Crippen MR) is 147 cm³/mol. The fraction of sp³-hybridized carbons (Fsp3) is 0.0625. The predicted octanol–water partition coefficient (Wildman–Crippen LogP) is 2.22. The number of hydrogen-bond acceptors (Lipinski definition) is 0. The van der Waals surface area contributed by atoms with Crippen molar-refractivity contribution in [3.8, 4) is 22.3 Å². The van der Waals surface area contributed by atoms with Crippen LogP contribution in [0.1, 0.15) is 6.92 Å². The Bertz CT molecular complexity index is 1570. The molecule has 6 aromatic rings. The maximum absolute atomic E-state index is 2.42. The number of halogens is 2.